The number of ether oxygens (including phenoxy) is 1. The van der Waals surface area contributed by atoms with Crippen LogP contribution in [-0.2, 0) is 4.74 Å². The minimum absolute atomic E-state index is 0.404. The van der Waals surface area contributed by atoms with Crippen LogP contribution in [0.25, 0.3) is 5.52 Å². The third-order valence-electron chi connectivity index (χ3n) is 4.82. The molecule has 1 N–H and O–H groups in total. The standard InChI is InChI=1S/C16H23N5O/c1-16(2)7-11(8-16)14-17-9-13-10-18-15(20-21(13)14)19-12-3-5-22-6-4-12/h9-12H,3-8H2,1-2H3,(H,19,20). The first-order chi connectivity index (χ1) is 10.6. The minimum atomic E-state index is 0.404. The number of anilines is 1. The second-order valence-electron chi connectivity index (χ2n) is 7.34. The van der Waals surface area contributed by atoms with E-state index in [1.54, 1.807) is 0 Å². The summed E-state index contributed by atoms with van der Waals surface area (Å²) in [5, 5.41) is 8.10. The predicted octanol–water partition coefficient (Wildman–Crippen LogP) is 2.62. The first-order valence-corrected chi connectivity index (χ1v) is 8.16. The quantitative estimate of drug-likeness (QED) is 0.944. The van der Waals surface area contributed by atoms with Gasteiger partial charge in [0, 0.05) is 25.2 Å². The van der Waals surface area contributed by atoms with Crippen LogP contribution in [0.1, 0.15) is 51.3 Å². The first-order valence-electron chi connectivity index (χ1n) is 8.16. The lowest BCUT2D eigenvalue weighted by Crippen LogP contribution is -2.31. The molecule has 0 spiro atoms. The van der Waals surface area contributed by atoms with E-state index in [1.807, 2.05) is 16.9 Å². The molecule has 2 aliphatic rings. The van der Waals surface area contributed by atoms with Crippen molar-refractivity contribution in [3.8, 4) is 0 Å². The monoisotopic (exact) mass is 301 g/mol. The molecule has 1 aliphatic carbocycles. The number of nitrogens with one attached hydrogen (secondary N) is 1. The van der Waals surface area contributed by atoms with Gasteiger partial charge in [-0.25, -0.2) is 14.5 Å². The van der Waals surface area contributed by atoms with Crippen molar-refractivity contribution in [2.45, 2.75) is 51.5 Å². The maximum absolute atomic E-state index is 5.39. The Labute approximate surface area is 130 Å². The maximum Gasteiger partial charge on any atom is 0.241 e. The van der Waals surface area contributed by atoms with E-state index < -0.39 is 0 Å². The summed E-state index contributed by atoms with van der Waals surface area (Å²) in [5.41, 5.74) is 1.41. The summed E-state index contributed by atoms with van der Waals surface area (Å²) < 4.78 is 7.36. The Bertz CT molecular complexity index is 666. The van der Waals surface area contributed by atoms with Gasteiger partial charge < -0.3 is 10.1 Å². The molecule has 0 amide bonds. The van der Waals surface area contributed by atoms with Crippen molar-refractivity contribution in [2.75, 3.05) is 18.5 Å². The molecule has 3 heterocycles. The van der Waals surface area contributed by atoms with E-state index in [4.69, 9.17) is 4.74 Å². The van der Waals surface area contributed by atoms with E-state index in [0.717, 1.165) is 37.4 Å². The Hall–Kier alpha value is -1.69. The second kappa shape index (κ2) is 5.19. The molecule has 0 aromatic carbocycles. The van der Waals surface area contributed by atoms with Crippen LogP contribution in [0.3, 0.4) is 0 Å². The van der Waals surface area contributed by atoms with Gasteiger partial charge in [-0.1, -0.05) is 13.8 Å². The number of rotatable bonds is 3. The zero-order valence-electron chi connectivity index (χ0n) is 13.2. The van der Waals surface area contributed by atoms with Crippen LogP contribution in [0.15, 0.2) is 12.4 Å². The van der Waals surface area contributed by atoms with Gasteiger partial charge in [-0.05, 0) is 31.1 Å². The molecule has 1 saturated carbocycles. The zero-order chi connectivity index (χ0) is 15.2. The van der Waals surface area contributed by atoms with Crippen molar-refractivity contribution >= 4 is 11.5 Å². The lowest BCUT2D eigenvalue weighted by molar-refractivity contribution is 0.0903. The highest BCUT2D eigenvalue weighted by atomic mass is 16.5. The summed E-state index contributed by atoms with van der Waals surface area (Å²) in [6.45, 7) is 6.25. The van der Waals surface area contributed by atoms with E-state index in [1.165, 1.54) is 12.8 Å². The molecule has 1 saturated heterocycles. The average Bonchev–Trinajstić information content (AvgIpc) is 2.88. The number of hydrogen-bond donors (Lipinski definition) is 1. The summed E-state index contributed by atoms with van der Waals surface area (Å²) >= 11 is 0. The lowest BCUT2D eigenvalue weighted by Gasteiger charge is -2.41. The van der Waals surface area contributed by atoms with E-state index in [2.05, 4.69) is 34.2 Å². The fourth-order valence-corrected chi connectivity index (χ4v) is 3.64. The van der Waals surface area contributed by atoms with Crippen molar-refractivity contribution in [1.82, 2.24) is 19.6 Å². The molecule has 118 valence electrons. The summed E-state index contributed by atoms with van der Waals surface area (Å²) in [6, 6.07) is 0.404. The minimum Gasteiger partial charge on any atom is -0.381 e. The number of fused-ring (bicyclic) bond motifs is 1. The molecule has 4 rings (SSSR count). The predicted molar refractivity (Wildman–Crippen MR) is 84.0 cm³/mol. The topological polar surface area (TPSA) is 64.3 Å². The van der Waals surface area contributed by atoms with E-state index in [9.17, 15) is 0 Å². The third-order valence-corrected chi connectivity index (χ3v) is 4.82. The Morgan fingerprint density at radius 3 is 2.64 bits per heavy atom. The number of aromatic nitrogens is 4. The Morgan fingerprint density at radius 1 is 1.18 bits per heavy atom. The van der Waals surface area contributed by atoms with Gasteiger partial charge in [0.25, 0.3) is 0 Å². The van der Waals surface area contributed by atoms with Crippen LogP contribution in [0.2, 0.25) is 0 Å². The molecule has 6 heteroatoms. The van der Waals surface area contributed by atoms with E-state index >= 15 is 0 Å². The molecule has 0 bridgehead atoms. The highest BCUT2D eigenvalue weighted by Gasteiger charge is 2.39. The van der Waals surface area contributed by atoms with E-state index in [-0.39, 0.29) is 0 Å². The van der Waals surface area contributed by atoms with Gasteiger partial charge in [0.15, 0.2) is 0 Å². The number of imidazole rings is 1. The van der Waals surface area contributed by atoms with Crippen molar-refractivity contribution in [1.29, 1.82) is 0 Å². The normalized spacial score (nSPS) is 22.6. The van der Waals surface area contributed by atoms with Crippen molar-refractivity contribution in [3.05, 3.63) is 18.2 Å². The number of hydrogen-bond acceptors (Lipinski definition) is 5. The highest BCUT2D eigenvalue weighted by molar-refractivity contribution is 5.45. The fourth-order valence-electron chi connectivity index (χ4n) is 3.64. The summed E-state index contributed by atoms with van der Waals surface area (Å²) in [5.74, 6) is 2.28. The summed E-state index contributed by atoms with van der Waals surface area (Å²) in [4.78, 5) is 9.01. The molecule has 2 aromatic heterocycles. The van der Waals surface area contributed by atoms with Gasteiger partial charge in [-0.2, -0.15) is 0 Å². The third kappa shape index (κ3) is 2.56. The van der Waals surface area contributed by atoms with Crippen molar-refractivity contribution in [3.63, 3.8) is 0 Å². The number of nitrogens with zero attached hydrogens (tertiary/aromatic N) is 4. The molecule has 2 fully saturated rings. The highest BCUT2D eigenvalue weighted by Crippen LogP contribution is 2.49. The van der Waals surface area contributed by atoms with Crippen molar-refractivity contribution < 1.29 is 4.74 Å². The van der Waals surface area contributed by atoms with Crippen LogP contribution in [-0.4, -0.2) is 38.8 Å². The van der Waals surface area contributed by atoms with Crippen LogP contribution in [0.4, 0.5) is 5.95 Å². The Balaban J connectivity index is 1.56. The Kier molecular flexibility index (Phi) is 3.29. The van der Waals surface area contributed by atoms with Gasteiger partial charge in [0.1, 0.15) is 11.3 Å². The molecule has 0 radical (unpaired) electrons. The second-order valence-corrected chi connectivity index (χ2v) is 7.34. The van der Waals surface area contributed by atoms with Crippen LogP contribution < -0.4 is 5.32 Å². The van der Waals surface area contributed by atoms with Gasteiger partial charge in [-0.15, -0.1) is 5.10 Å². The van der Waals surface area contributed by atoms with E-state index in [0.29, 0.717) is 23.3 Å². The van der Waals surface area contributed by atoms with Crippen LogP contribution in [0.5, 0.6) is 0 Å². The smallest absolute Gasteiger partial charge is 0.241 e. The average molecular weight is 301 g/mol. The molecular weight excluding hydrogens is 278 g/mol. The van der Waals surface area contributed by atoms with Crippen molar-refractivity contribution in [2.24, 2.45) is 5.41 Å². The molecule has 6 nitrogen and oxygen atoms in total. The van der Waals surface area contributed by atoms with Crippen LogP contribution >= 0.6 is 0 Å². The Morgan fingerprint density at radius 2 is 1.91 bits per heavy atom. The van der Waals surface area contributed by atoms with Gasteiger partial charge >= 0.3 is 0 Å². The zero-order valence-corrected chi connectivity index (χ0v) is 13.2. The first kappa shape index (κ1) is 13.9. The fraction of sp³-hybridized carbons (Fsp3) is 0.688. The van der Waals surface area contributed by atoms with Gasteiger partial charge in [-0.3, -0.25) is 0 Å². The molecule has 1 aliphatic heterocycles. The van der Waals surface area contributed by atoms with Gasteiger partial charge in [0.05, 0.1) is 12.4 Å². The SMILES string of the molecule is CC1(C)CC(c2ncc3cnc(NC4CCOCC4)nn23)C1. The lowest BCUT2D eigenvalue weighted by atomic mass is 9.64. The van der Waals surface area contributed by atoms with Crippen LogP contribution in [0, 0.1) is 5.41 Å². The van der Waals surface area contributed by atoms with Gasteiger partial charge in [0.2, 0.25) is 5.95 Å². The molecule has 22 heavy (non-hydrogen) atoms. The largest absolute Gasteiger partial charge is 0.381 e. The molecular formula is C16H23N5O. The molecule has 0 unspecified atom stereocenters. The molecule has 2 aromatic rings. The molecule has 0 atom stereocenters. The summed E-state index contributed by atoms with van der Waals surface area (Å²) in [7, 11) is 0. The summed E-state index contributed by atoms with van der Waals surface area (Å²) in [6.07, 6.45) is 8.11. The maximum atomic E-state index is 5.39.